The van der Waals surface area contributed by atoms with Gasteiger partial charge in [0.2, 0.25) is 11.8 Å². The summed E-state index contributed by atoms with van der Waals surface area (Å²) in [4.78, 5) is 33.0. The number of hydrogen-bond acceptors (Lipinski definition) is 6. The standard InChI is InChI=1S/C25H28FN5O3/c1-13-17(14(2)28-23(33)21-30-24(34-31-21)25(3,4)5)8-9-18(20(13)26)16-10-11-27-19(12-16)29-22(32)15-6-7-15/h8-12,14-15H,6-7H2,1-5H3,(H,28,33)(H,27,29,32). The zero-order valence-corrected chi connectivity index (χ0v) is 19.9. The molecule has 0 radical (unpaired) electrons. The Morgan fingerprint density at radius 3 is 2.59 bits per heavy atom. The van der Waals surface area contributed by atoms with Crippen LogP contribution in [0.4, 0.5) is 10.2 Å². The molecule has 4 rings (SSSR count). The van der Waals surface area contributed by atoms with Crippen molar-refractivity contribution in [3.63, 3.8) is 0 Å². The molecule has 2 amide bonds. The summed E-state index contributed by atoms with van der Waals surface area (Å²) < 4.78 is 20.6. The molecule has 1 unspecified atom stereocenters. The third-order valence-corrected chi connectivity index (χ3v) is 5.78. The highest BCUT2D eigenvalue weighted by Crippen LogP contribution is 2.32. The van der Waals surface area contributed by atoms with Crippen molar-refractivity contribution in [3.8, 4) is 11.1 Å². The van der Waals surface area contributed by atoms with Crippen LogP contribution in [0.25, 0.3) is 11.1 Å². The summed E-state index contributed by atoms with van der Waals surface area (Å²) in [7, 11) is 0. The van der Waals surface area contributed by atoms with E-state index in [0.29, 0.717) is 34.0 Å². The molecule has 8 nitrogen and oxygen atoms in total. The van der Waals surface area contributed by atoms with Gasteiger partial charge in [-0.05, 0) is 55.5 Å². The summed E-state index contributed by atoms with van der Waals surface area (Å²) in [6.07, 6.45) is 3.32. The van der Waals surface area contributed by atoms with Crippen molar-refractivity contribution in [3.05, 3.63) is 59.1 Å². The highest BCUT2D eigenvalue weighted by Gasteiger charge is 2.30. The Balaban J connectivity index is 1.51. The summed E-state index contributed by atoms with van der Waals surface area (Å²) >= 11 is 0. The number of anilines is 1. The van der Waals surface area contributed by atoms with Crippen molar-refractivity contribution in [1.82, 2.24) is 20.4 Å². The number of aromatic nitrogens is 3. The Kier molecular flexibility index (Phi) is 6.20. The molecule has 34 heavy (non-hydrogen) atoms. The average molecular weight is 466 g/mol. The summed E-state index contributed by atoms with van der Waals surface area (Å²) in [5.41, 5.74) is 1.66. The number of benzene rings is 1. The zero-order valence-electron chi connectivity index (χ0n) is 19.9. The van der Waals surface area contributed by atoms with E-state index in [9.17, 15) is 9.59 Å². The van der Waals surface area contributed by atoms with Crippen LogP contribution in [0.3, 0.4) is 0 Å². The van der Waals surface area contributed by atoms with Crippen molar-refractivity contribution >= 4 is 17.6 Å². The van der Waals surface area contributed by atoms with Crippen LogP contribution in [-0.4, -0.2) is 26.9 Å². The van der Waals surface area contributed by atoms with Gasteiger partial charge in [0.1, 0.15) is 11.6 Å². The Morgan fingerprint density at radius 1 is 1.21 bits per heavy atom. The Labute approximate surface area is 197 Å². The summed E-state index contributed by atoms with van der Waals surface area (Å²) in [6, 6.07) is 6.30. The lowest BCUT2D eigenvalue weighted by Crippen LogP contribution is -2.28. The van der Waals surface area contributed by atoms with E-state index < -0.39 is 17.8 Å². The molecule has 178 valence electrons. The van der Waals surface area contributed by atoms with Crippen LogP contribution in [0.1, 0.15) is 74.2 Å². The molecule has 1 aliphatic rings. The first-order valence-electron chi connectivity index (χ1n) is 11.3. The van der Waals surface area contributed by atoms with E-state index in [2.05, 4.69) is 25.8 Å². The molecular weight excluding hydrogens is 437 g/mol. The Bertz CT molecular complexity index is 1240. The number of carbonyl (C=O) groups is 2. The minimum Gasteiger partial charge on any atom is -0.343 e. The van der Waals surface area contributed by atoms with Crippen LogP contribution in [-0.2, 0) is 10.2 Å². The van der Waals surface area contributed by atoms with Gasteiger partial charge >= 0.3 is 0 Å². The lowest BCUT2D eigenvalue weighted by atomic mass is 9.96. The van der Waals surface area contributed by atoms with Gasteiger partial charge in [-0.25, -0.2) is 9.37 Å². The monoisotopic (exact) mass is 465 g/mol. The Hall–Kier alpha value is -3.62. The lowest BCUT2D eigenvalue weighted by Gasteiger charge is -2.18. The lowest BCUT2D eigenvalue weighted by molar-refractivity contribution is -0.117. The predicted molar refractivity (Wildman–Crippen MR) is 125 cm³/mol. The molecule has 0 aliphatic heterocycles. The molecule has 0 saturated heterocycles. The number of halogens is 1. The first-order valence-corrected chi connectivity index (χ1v) is 11.3. The third kappa shape index (κ3) is 4.98. The SMILES string of the molecule is Cc1c(C(C)NC(=O)c2noc(C(C)(C)C)n2)ccc(-c2ccnc(NC(=O)C3CC3)c2)c1F. The topological polar surface area (TPSA) is 110 Å². The van der Waals surface area contributed by atoms with Crippen LogP contribution in [0.15, 0.2) is 35.0 Å². The van der Waals surface area contributed by atoms with Crippen LogP contribution in [0.5, 0.6) is 0 Å². The number of nitrogens with one attached hydrogen (secondary N) is 2. The Morgan fingerprint density at radius 2 is 1.94 bits per heavy atom. The van der Waals surface area contributed by atoms with Crippen LogP contribution in [0, 0.1) is 18.7 Å². The first-order chi connectivity index (χ1) is 16.0. The van der Waals surface area contributed by atoms with Crippen molar-refractivity contribution < 1.29 is 18.5 Å². The molecule has 2 aromatic heterocycles. The fraction of sp³-hybridized carbons (Fsp3) is 0.400. The molecular formula is C25H28FN5O3. The van der Waals surface area contributed by atoms with Crippen LogP contribution < -0.4 is 10.6 Å². The maximum Gasteiger partial charge on any atom is 0.293 e. The quantitative estimate of drug-likeness (QED) is 0.545. The number of amides is 2. The average Bonchev–Trinajstić information content (AvgIpc) is 3.50. The van der Waals surface area contributed by atoms with E-state index in [1.807, 2.05) is 20.8 Å². The van der Waals surface area contributed by atoms with E-state index in [-0.39, 0.29) is 23.1 Å². The van der Waals surface area contributed by atoms with Gasteiger partial charge in [0, 0.05) is 23.1 Å². The van der Waals surface area contributed by atoms with Crippen molar-refractivity contribution in [2.45, 2.75) is 58.9 Å². The first kappa shape index (κ1) is 23.5. The summed E-state index contributed by atoms with van der Waals surface area (Å²) in [6.45, 7) is 9.16. The summed E-state index contributed by atoms with van der Waals surface area (Å²) in [5.74, 6) is -0.220. The van der Waals surface area contributed by atoms with Gasteiger partial charge in [-0.1, -0.05) is 38.1 Å². The molecule has 0 bridgehead atoms. The molecule has 1 aliphatic carbocycles. The number of hydrogen-bond donors (Lipinski definition) is 2. The molecule has 1 aromatic carbocycles. The molecule has 0 spiro atoms. The number of carbonyl (C=O) groups excluding carboxylic acids is 2. The number of nitrogens with zero attached hydrogens (tertiary/aromatic N) is 3. The van der Waals surface area contributed by atoms with Crippen LogP contribution >= 0.6 is 0 Å². The summed E-state index contributed by atoms with van der Waals surface area (Å²) in [5, 5.41) is 9.35. The van der Waals surface area contributed by atoms with Gasteiger partial charge in [-0.3, -0.25) is 9.59 Å². The predicted octanol–water partition coefficient (Wildman–Crippen LogP) is 4.72. The zero-order chi connectivity index (χ0) is 24.6. The smallest absolute Gasteiger partial charge is 0.293 e. The van der Waals surface area contributed by atoms with Crippen molar-refractivity contribution in [1.29, 1.82) is 0 Å². The second kappa shape index (κ2) is 8.96. The van der Waals surface area contributed by atoms with E-state index in [0.717, 1.165) is 12.8 Å². The van der Waals surface area contributed by atoms with Gasteiger partial charge in [0.05, 0.1) is 6.04 Å². The fourth-order valence-electron chi connectivity index (χ4n) is 3.59. The molecule has 2 heterocycles. The molecule has 1 saturated carbocycles. The van der Waals surface area contributed by atoms with Gasteiger partial charge in [0.25, 0.3) is 11.7 Å². The largest absolute Gasteiger partial charge is 0.343 e. The minimum absolute atomic E-state index is 0.0490. The maximum absolute atomic E-state index is 15.4. The minimum atomic E-state index is -0.499. The number of pyridine rings is 1. The normalized spacial score (nSPS) is 14.5. The fourth-order valence-corrected chi connectivity index (χ4v) is 3.59. The molecule has 1 fully saturated rings. The van der Waals surface area contributed by atoms with Gasteiger partial charge in [-0.15, -0.1) is 0 Å². The second-order valence-corrected chi connectivity index (χ2v) is 9.70. The van der Waals surface area contributed by atoms with E-state index in [1.54, 1.807) is 44.3 Å². The second-order valence-electron chi connectivity index (χ2n) is 9.70. The number of rotatable bonds is 6. The van der Waals surface area contributed by atoms with Crippen LogP contribution in [0.2, 0.25) is 0 Å². The van der Waals surface area contributed by atoms with Crippen molar-refractivity contribution in [2.24, 2.45) is 5.92 Å². The molecule has 1 atom stereocenters. The van der Waals surface area contributed by atoms with Crippen molar-refractivity contribution in [2.75, 3.05) is 5.32 Å². The maximum atomic E-state index is 15.4. The van der Waals surface area contributed by atoms with E-state index >= 15 is 4.39 Å². The van der Waals surface area contributed by atoms with E-state index in [1.165, 1.54) is 0 Å². The van der Waals surface area contributed by atoms with Gasteiger partial charge in [-0.2, -0.15) is 4.98 Å². The highest BCUT2D eigenvalue weighted by atomic mass is 19.1. The van der Waals surface area contributed by atoms with E-state index in [4.69, 9.17) is 4.52 Å². The molecule has 2 N–H and O–H groups in total. The van der Waals surface area contributed by atoms with Gasteiger partial charge in [0.15, 0.2) is 0 Å². The molecule has 3 aromatic rings. The third-order valence-electron chi connectivity index (χ3n) is 5.78. The molecule has 9 heteroatoms. The highest BCUT2D eigenvalue weighted by molar-refractivity contribution is 5.93. The van der Waals surface area contributed by atoms with Gasteiger partial charge < -0.3 is 15.2 Å².